The van der Waals surface area contributed by atoms with Crippen LogP contribution in [0, 0.1) is 5.41 Å². The summed E-state index contributed by atoms with van der Waals surface area (Å²) in [5, 5.41) is 3.83. The predicted molar refractivity (Wildman–Crippen MR) is 85.1 cm³/mol. The first kappa shape index (κ1) is 16.3. The molecule has 0 amide bonds. The van der Waals surface area contributed by atoms with Gasteiger partial charge in [-0.05, 0) is 57.5 Å². The van der Waals surface area contributed by atoms with E-state index in [-0.39, 0.29) is 5.60 Å². The van der Waals surface area contributed by atoms with E-state index in [1.807, 2.05) is 7.11 Å². The summed E-state index contributed by atoms with van der Waals surface area (Å²) in [6.45, 7) is 12.9. The molecule has 20 heavy (non-hydrogen) atoms. The van der Waals surface area contributed by atoms with Crippen molar-refractivity contribution in [3.8, 4) is 0 Å². The van der Waals surface area contributed by atoms with Gasteiger partial charge in [-0.3, -0.25) is 4.90 Å². The van der Waals surface area contributed by atoms with Crippen LogP contribution >= 0.6 is 0 Å². The average molecular weight is 282 g/mol. The van der Waals surface area contributed by atoms with Crippen LogP contribution in [0.1, 0.15) is 59.8 Å². The average Bonchev–Trinajstić information content (AvgIpc) is 2.71. The second kappa shape index (κ2) is 6.33. The van der Waals surface area contributed by atoms with Crippen molar-refractivity contribution in [1.82, 2.24) is 10.2 Å². The number of likely N-dealkylation sites (tertiary alicyclic amines) is 1. The molecule has 1 saturated carbocycles. The number of piperidine rings is 1. The molecular formula is C17H34N2O. The van der Waals surface area contributed by atoms with Crippen molar-refractivity contribution in [2.24, 2.45) is 5.41 Å². The van der Waals surface area contributed by atoms with Gasteiger partial charge in [0.2, 0.25) is 0 Å². The lowest BCUT2D eigenvalue weighted by Crippen LogP contribution is -2.57. The van der Waals surface area contributed by atoms with E-state index < -0.39 is 0 Å². The first-order chi connectivity index (χ1) is 9.42. The molecule has 2 fully saturated rings. The summed E-state index contributed by atoms with van der Waals surface area (Å²) >= 11 is 0. The monoisotopic (exact) mass is 282 g/mol. The van der Waals surface area contributed by atoms with Crippen molar-refractivity contribution in [3.63, 3.8) is 0 Å². The highest BCUT2D eigenvalue weighted by Crippen LogP contribution is 2.41. The van der Waals surface area contributed by atoms with Crippen molar-refractivity contribution in [2.75, 3.05) is 26.7 Å². The molecule has 0 bridgehead atoms. The first-order valence-corrected chi connectivity index (χ1v) is 8.44. The Balaban J connectivity index is 2.06. The second-order valence-corrected chi connectivity index (χ2v) is 7.75. The van der Waals surface area contributed by atoms with Crippen molar-refractivity contribution >= 4 is 0 Å². The minimum atomic E-state index is 0.0558. The highest BCUT2D eigenvalue weighted by atomic mass is 16.5. The van der Waals surface area contributed by atoms with Gasteiger partial charge in [0.15, 0.2) is 0 Å². The zero-order valence-corrected chi connectivity index (χ0v) is 14.2. The summed E-state index contributed by atoms with van der Waals surface area (Å²) < 4.78 is 5.77. The maximum atomic E-state index is 5.77. The van der Waals surface area contributed by atoms with E-state index in [0.717, 1.165) is 13.1 Å². The lowest BCUT2D eigenvalue weighted by Gasteiger charge is -2.45. The Kier molecular flexibility index (Phi) is 5.14. The van der Waals surface area contributed by atoms with Crippen LogP contribution in [0.15, 0.2) is 0 Å². The molecule has 2 aliphatic rings. The van der Waals surface area contributed by atoms with Crippen molar-refractivity contribution < 1.29 is 4.74 Å². The van der Waals surface area contributed by atoms with Gasteiger partial charge in [0.1, 0.15) is 0 Å². The molecule has 2 rings (SSSR count). The summed E-state index contributed by atoms with van der Waals surface area (Å²) in [6.07, 6.45) is 6.34. The lowest BCUT2D eigenvalue weighted by molar-refractivity contribution is -0.0644. The molecule has 1 aliphatic heterocycles. The quantitative estimate of drug-likeness (QED) is 0.839. The van der Waals surface area contributed by atoms with Gasteiger partial charge >= 0.3 is 0 Å². The van der Waals surface area contributed by atoms with Crippen LogP contribution in [0.25, 0.3) is 0 Å². The molecule has 1 saturated heterocycles. The first-order valence-electron chi connectivity index (χ1n) is 8.44. The fourth-order valence-electron chi connectivity index (χ4n) is 4.16. The lowest BCUT2D eigenvalue weighted by atomic mass is 9.85. The molecule has 0 radical (unpaired) electrons. The van der Waals surface area contributed by atoms with E-state index in [0.29, 0.717) is 17.5 Å². The molecule has 3 atom stereocenters. The molecule has 0 spiro atoms. The molecule has 1 heterocycles. The van der Waals surface area contributed by atoms with Crippen LogP contribution < -0.4 is 5.32 Å². The molecule has 0 aromatic carbocycles. The molecular weight excluding hydrogens is 248 g/mol. The molecule has 0 aromatic rings. The fraction of sp³-hybridized carbons (Fsp3) is 1.00. The van der Waals surface area contributed by atoms with Crippen molar-refractivity contribution in [1.29, 1.82) is 0 Å². The normalized spacial score (nSPS) is 38.2. The molecule has 1 N–H and O–H groups in total. The van der Waals surface area contributed by atoms with Crippen LogP contribution in [-0.4, -0.2) is 49.3 Å². The third-order valence-electron chi connectivity index (χ3n) is 5.58. The van der Waals surface area contributed by atoms with E-state index in [2.05, 4.69) is 37.9 Å². The largest absolute Gasteiger partial charge is 0.377 e. The van der Waals surface area contributed by atoms with Gasteiger partial charge in [-0.25, -0.2) is 0 Å². The zero-order valence-electron chi connectivity index (χ0n) is 14.2. The smallest absolute Gasteiger partial charge is 0.0777 e. The van der Waals surface area contributed by atoms with Gasteiger partial charge in [-0.2, -0.15) is 0 Å². The van der Waals surface area contributed by atoms with Gasteiger partial charge in [0, 0.05) is 25.7 Å². The van der Waals surface area contributed by atoms with Gasteiger partial charge in [-0.15, -0.1) is 0 Å². The van der Waals surface area contributed by atoms with Gasteiger partial charge in [0.05, 0.1) is 5.60 Å². The Morgan fingerprint density at radius 1 is 1.25 bits per heavy atom. The Morgan fingerprint density at radius 2 is 2.00 bits per heavy atom. The third kappa shape index (κ3) is 3.37. The molecule has 0 aromatic heterocycles. The van der Waals surface area contributed by atoms with Gasteiger partial charge in [-0.1, -0.05) is 20.8 Å². The standard InChI is InChI=1S/C17H34N2O/c1-6-11-18-15-14(8-10-16(15,2)3)19-12-7-9-17(4,13-19)20-5/h14-15,18H,6-13H2,1-5H3. The Morgan fingerprint density at radius 3 is 2.65 bits per heavy atom. The zero-order chi connectivity index (χ0) is 14.8. The highest BCUT2D eigenvalue weighted by Gasteiger charge is 2.46. The maximum Gasteiger partial charge on any atom is 0.0777 e. The highest BCUT2D eigenvalue weighted by molar-refractivity contribution is 5.03. The second-order valence-electron chi connectivity index (χ2n) is 7.75. The van der Waals surface area contributed by atoms with Crippen LogP contribution in [0.5, 0.6) is 0 Å². The van der Waals surface area contributed by atoms with Crippen LogP contribution in [-0.2, 0) is 4.74 Å². The third-order valence-corrected chi connectivity index (χ3v) is 5.58. The topological polar surface area (TPSA) is 24.5 Å². The summed E-state index contributed by atoms with van der Waals surface area (Å²) in [7, 11) is 1.87. The SMILES string of the molecule is CCCNC1C(N2CCCC(C)(OC)C2)CCC1(C)C. The van der Waals surface area contributed by atoms with E-state index in [4.69, 9.17) is 4.74 Å². The van der Waals surface area contributed by atoms with E-state index in [1.54, 1.807) is 0 Å². The number of ether oxygens (including phenoxy) is 1. The van der Waals surface area contributed by atoms with Crippen molar-refractivity contribution in [3.05, 3.63) is 0 Å². The Bertz CT molecular complexity index is 318. The van der Waals surface area contributed by atoms with E-state index >= 15 is 0 Å². The number of hydrogen-bond donors (Lipinski definition) is 1. The summed E-state index contributed by atoms with van der Waals surface area (Å²) in [5.41, 5.74) is 0.473. The molecule has 118 valence electrons. The number of hydrogen-bond acceptors (Lipinski definition) is 3. The number of methoxy groups -OCH3 is 1. The van der Waals surface area contributed by atoms with Gasteiger partial charge < -0.3 is 10.1 Å². The number of rotatable bonds is 5. The van der Waals surface area contributed by atoms with Crippen LogP contribution in [0.4, 0.5) is 0 Å². The predicted octanol–water partition coefficient (Wildman–Crippen LogP) is 3.04. The van der Waals surface area contributed by atoms with Crippen molar-refractivity contribution in [2.45, 2.75) is 77.5 Å². The fourth-order valence-corrected chi connectivity index (χ4v) is 4.16. The Hall–Kier alpha value is -0.120. The summed E-state index contributed by atoms with van der Waals surface area (Å²) in [5.74, 6) is 0. The van der Waals surface area contributed by atoms with Gasteiger partial charge in [0.25, 0.3) is 0 Å². The molecule has 3 unspecified atom stereocenters. The minimum absolute atomic E-state index is 0.0558. The molecule has 3 heteroatoms. The number of nitrogens with zero attached hydrogens (tertiary/aromatic N) is 1. The van der Waals surface area contributed by atoms with Crippen LogP contribution in [0.2, 0.25) is 0 Å². The maximum absolute atomic E-state index is 5.77. The molecule has 3 nitrogen and oxygen atoms in total. The van der Waals surface area contributed by atoms with E-state index in [1.165, 1.54) is 38.6 Å². The van der Waals surface area contributed by atoms with Crippen LogP contribution in [0.3, 0.4) is 0 Å². The Labute approximate surface area is 125 Å². The summed E-state index contributed by atoms with van der Waals surface area (Å²) in [4.78, 5) is 2.70. The summed E-state index contributed by atoms with van der Waals surface area (Å²) in [6, 6.07) is 1.31. The number of nitrogens with one attached hydrogen (secondary N) is 1. The van der Waals surface area contributed by atoms with E-state index in [9.17, 15) is 0 Å². The minimum Gasteiger partial charge on any atom is -0.377 e. The molecule has 1 aliphatic carbocycles.